The number of amides is 1. The third-order valence-electron chi connectivity index (χ3n) is 2.97. The highest BCUT2D eigenvalue weighted by Gasteiger charge is 2.45. The first-order valence-electron chi connectivity index (χ1n) is 5.38. The highest BCUT2D eigenvalue weighted by atomic mass is 19.1. The van der Waals surface area contributed by atoms with E-state index in [1.54, 1.807) is 0 Å². The summed E-state index contributed by atoms with van der Waals surface area (Å²) in [6.45, 7) is 0. The van der Waals surface area contributed by atoms with Crippen LogP contribution in [-0.4, -0.2) is 24.1 Å². The molecule has 0 saturated carbocycles. The van der Waals surface area contributed by atoms with Crippen LogP contribution >= 0.6 is 0 Å². The van der Waals surface area contributed by atoms with Crippen LogP contribution in [0.5, 0.6) is 0 Å². The number of fused-ring (bicyclic) bond motifs is 1. The Morgan fingerprint density at radius 1 is 1.56 bits per heavy atom. The van der Waals surface area contributed by atoms with E-state index in [4.69, 9.17) is 0 Å². The Morgan fingerprint density at radius 3 is 2.94 bits per heavy atom. The number of hydrogen-bond donors (Lipinski definition) is 2. The second-order valence-corrected chi connectivity index (χ2v) is 4.08. The zero-order chi connectivity index (χ0) is 13.3. The highest BCUT2D eigenvalue weighted by Crippen LogP contribution is 2.39. The average molecular weight is 253 g/mol. The van der Waals surface area contributed by atoms with Crippen LogP contribution in [0.25, 0.3) is 0 Å². The van der Waals surface area contributed by atoms with E-state index in [1.165, 1.54) is 19.2 Å². The van der Waals surface area contributed by atoms with E-state index in [0.717, 1.165) is 6.07 Å². The summed E-state index contributed by atoms with van der Waals surface area (Å²) in [5, 5.41) is 12.7. The number of ether oxygens (including phenoxy) is 1. The van der Waals surface area contributed by atoms with Gasteiger partial charge in [0.2, 0.25) is 0 Å². The molecule has 0 aromatic heterocycles. The molecule has 18 heavy (non-hydrogen) atoms. The van der Waals surface area contributed by atoms with Gasteiger partial charge in [-0.25, -0.2) is 4.39 Å². The first kappa shape index (κ1) is 12.5. The summed E-state index contributed by atoms with van der Waals surface area (Å²) in [4.78, 5) is 22.8. The zero-order valence-electron chi connectivity index (χ0n) is 9.70. The van der Waals surface area contributed by atoms with E-state index in [2.05, 4.69) is 10.1 Å². The quantitative estimate of drug-likeness (QED) is 0.785. The number of rotatable bonds is 3. The van der Waals surface area contributed by atoms with Crippen molar-refractivity contribution in [2.24, 2.45) is 0 Å². The van der Waals surface area contributed by atoms with Crippen LogP contribution in [0.15, 0.2) is 18.2 Å². The minimum atomic E-state index is -1.88. The largest absolute Gasteiger partial charge is 0.469 e. The lowest BCUT2D eigenvalue weighted by Crippen LogP contribution is -2.34. The number of hydrogen-bond acceptors (Lipinski definition) is 4. The van der Waals surface area contributed by atoms with Gasteiger partial charge in [0.25, 0.3) is 5.91 Å². The Hall–Kier alpha value is -1.95. The molecule has 0 fully saturated rings. The molecule has 2 N–H and O–H groups in total. The topological polar surface area (TPSA) is 75.6 Å². The molecule has 0 saturated heterocycles. The van der Waals surface area contributed by atoms with Crippen LogP contribution in [0, 0.1) is 5.82 Å². The fraction of sp³-hybridized carbons (Fsp3) is 0.333. The lowest BCUT2D eigenvalue weighted by molar-refractivity contribution is -0.144. The van der Waals surface area contributed by atoms with E-state index in [1.807, 2.05) is 0 Å². The van der Waals surface area contributed by atoms with E-state index in [-0.39, 0.29) is 18.4 Å². The van der Waals surface area contributed by atoms with Gasteiger partial charge in [0.1, 0.15) is 5.82 Å². The summed E-state index contributed by atoms with van der Waals surface area (Å²) in [5.74, 6) is -1.75. The van der Waals surface area contributed by atoms with Gasteiger partial charge in [0, 0.05) is 17.7 Å². The normalized spacial score (nSPS) is 21.4. The van der Waals surface area contributed by atoms with Crippen molar-refractivity contribution in [3.63, 3.8) is 0 Å². The molecule has 96 valence electrons. The Labute approximate surface area is 103 Å². The molecule has 1 aromatic carbocycles. The van der Waals surface area contributed by atoms with Crippen molar-refractivity contribution in [1.29, 1.82) is 0 Å². The van der Waals surface area contributed by atoms with Gasteiger partial charge in [-0.3, -0.25) is 9.59 Å². The van der Waals surface area contributed by atoms with Crippen LogP contribution in [0.2, 0.25) is 0 Å². The van der Waals surface area contributed by atoms with E-state index >= 15 is 0 Å². The van der Waals surface area contributed by atoms with Gasteiger partial charge in [-0.1, -0.05) is 0 Å². The van der Waals surface area contributed by atoms with Crippen molar-refractivity contribution >= 4 is 17.6 Å². The fourth-order valence-electron chi connectivity index (χ4n) is 1.95. The number of carbonyl (C=O) groups excluding carboxylic acids is 2. The Morgan fingerprint density at radius 2 is 2.28 bits per heavy atom. The van der Waals surface area contributed by atoms with Crippen LogP contribution in [0.4, 0.5) is 10.1 Å². The van der Waals surface area contributed by atoms with Crippen LogP contribution in [-0.2, 0) is 19.9 Å². The fourth-order valence-corrected chi connectivity index (χ4v) is 1.95. The molecule has 6 heteroatoms. The number of anilines is 1. The third-order valence-corrected chi connectivity index (χ3v) is 2.97. The number of halogens is 1. The molecule has 1 aliphatic heterocycles. The summed E-state index contributed by atoms with van der Waals surface area (Å²) >= 11 is 0. The molecule has 1 atom stereocenters. The molecule has 0 aliphatic carbocycles. The molecule has 0 radical (unpaired) electrons. The van der Waals surface area contributed by atoms with Gasteiger partial charge < -0.3 is 15.2 Å². The van der Waals surface area contributed by atoms with E-state index < -0.39 is 23.3 Å². The Kier molecular flexibility index (Phi) is 3.04. The maximum absolute atomic E-state index is 13.2. The number of aliphatic hydroxyl groups is 1. The second kappa shape index (κ2) is 4.38. The van der Waals surface area contributed by atoms with Gasteiger partial charge in [0.15, 0.2) is 5.60 Å². The number of carbonyl (C=O) groups is 2. The highest BCUT2D eigenvalue weighted by molar-refractivity contribution is 6.05. The molecule has 1 aromatic rings. The standard InChI is InChI=1S/C12H12FNO4/c1-18-10(15)4-5-12(17)8-6-7(13)2-3-9(8)14-11(12)16/h2-3,6,17H,4-5H2,1H3,(H,14,16). The minimum Gasteiger partial charge on any atom is -0.469 e. The average Bonchev–Trinajstić information content (AvgIpc) is 2.60. The summed E-state index contributed by atoms with van der Waals surface area (Å²) in [6.07, 6.45) is -0.279. The molecular formula is C12H12FNO4. The van der Waals surface area contributed by atoms with E-state index in [9.17, 15) is 19.1 Å². The van der Waals surface area contributed by atoms with Gasteiger partial charge in [-0.2, -0.15) is 0 Å². The monoisotopic (exact) mass is 253 g/mol. The van der Waals surface area contributed by atoms with E-state index in [0.29, 0.717) is 5.69 Å². The smallest absolute Gasteiger partial charge is 0.305 e. The SMILES string of the molecule is COC(=O)CCC1(O)C(=O)Nc2ccc(F)cc21. The predicted molar refractivity (Wildman–Crippen MR) is 60.2 cm³/mol. The number of methoxy groups -OCH3 is 1. The molecule has 2 rings (SSSR count). The maximum Gasteiger partial charge on any atom is 0.305 e. The second-order valence-electron chi connectivity index (χ2n) is 4.08. The van der Waals surface area contributed by atoms with Crippen molar-refractivity contribution < 1.29 is 23.8 Å². The van der Waals surface area contributed by atoms with Crippen LogP contribution in [0.3, 0.4) is 0 Å². The minimum absolute atomic E-state index is 0.129. The lowest BCUT2D eigenvalue weighted by Gasteiger charge is -2.19. The van der Waals surface area contributed by atoms with Crippen LogP contribution in [0.1, 0.15) is 18.4 Å². The first-order chi connectivity index (χ1) is 8.47. The van der Waals surface area contributed by atoms with Crippen molar-refractivity contribution in [3.05, 3.63) is 29.6 Å². The first-order valence-corrected chi connectivity index (χ1v) is 5.38. The molecule has 5 nitrogen and oxygen atoms in total. The molecule has 1 aliphatic rings. The maximum atomic E-state index is 13.2. The van der Waals surface area contributed by atoms with Gasteiger partial charge in [-0.15, -0.1) is 0 Å². The third kappa shape index (κ3) is 1.95. The lowest BCUT2D eigenvalue weighted by atomic mass is 9.90. The van der Waals surface area contributed by atoms with Gasteiger partial charge in [0.05, 0.1) is 7.11 Å². The molecule has 0 spiro atoms. The van der Waals surface area contributed by atoms with Gasteiger partial charge >= 0.3 is 5.97 Å². The van der Waals surface area contributed by atoms with Crippen molar-refractivity contribution in [1.82, 2.24) is 0 Å². The molecule has 1 unspecified atom stereocenters. The number of benzene rings is 1. The summed E-state index contributed by atoms with van der Waals surface area (Å²) in [7, 11) is 1.22. The van der Waals surface area contributed by atoms with Crippen molar-refractivity contribution in [2.45, 2.75) is 18.4 Å². The predicted octanol–water partition coefficient (Wildman–Crippen LogP) is 0.919. The van der Waals surface area contributed by atoms with Crippen molar-refractivity contribution in [3.8, 4) is 0 Å². The Bertz CT molecular complexity index is 517. The van der Waals surface area contributed by atoms with Gasteiger partial charge in [-0.05, 0) is 24.6 Å². The van der Waals surface area contributed by atoms with Crippen molar-refractivity contribution in [2.75, 3.05) is 12.4 Å². The summed E-state index contributed by atoms with van der Waals surface area (Å²) in [6, 6.07) is 3.65. The molecule has 0 bridgehead atoms. The summed E-state index contributed by atoms with van der Waals surface area (Å²) in [5.41, 5.74) is -1.38. The molecule has 1 amide bonds. The molecule has 1 heterocycles. The summed E-state index contributed by atoms with van der Waals surface area (Å²) < 4.78 is 17.6. The molecular weight excluding hydrogens is 241 g/mol. The zero-order valence-corrected chi connectivity index (χ0v) is 9.70. The number of nitrogens with one attached hydrogen (secondary N) is 1. The Balaban J connectivity index is 2.30. The van der Waals surface area contributed by atoms with Crippen LogP contribution < -0.4 is 5.32 Å². The number of esters is 1.